The summed E-state index contributed by atoms with van der Waals surface area (Å²) in [5.41, 5.74) is 1.12. The summed E-state index contributed by atoms with van der Waals surface area (Å²) in [5, 5.41) is 2.91. The highest BCUT2D eigenvalue weighted by Crippen LogP contribution is 2.21. The summed E-state index contributed by atoms with van der Waals surface area (Å²) in [4.78, 5) is 37.7. The molecular formula is C23H25FN2O4. The number of carbonyl (C=O) groups is 3. The molecule has 2 aromatic rings. The Morgan fingerprint density at radius 3 is 2.53 bits per heavy atom. The summed E-state index contributed by atoms with van der Waals surface area (Å²) in [7, 11) is 0. The smallest absolute Gasteiger partial charge is 0.308 e. The average molecular weight is 412 g/mol. The largest absolute Gasteiger partial charge is 0.427 e. The Kier molecular flexibility index (Phi) is 7.17. The fourth-order valence-electron chi connectivity index (χ4n) is 3.53. The number of rotatable bonds is 6. The van der Waals surface area contributed by atoms with E-state index in [0.717, 1.165) is 12.8 Å². The Bertz CT molecular complexity index is 923. The Morgan fingerprint density at radius 1 is 1.10 bits per heavy atom. The topological polar surface area (TPSA) is 75.7 Å². The zero-order valence-electron chi connectivity index (χ0n) is 16.9. The van der Waals surface area contributed by atoms with Crippen molar-refractivity contribution in [3.8, 4) is 5.75 Å². The lowest BCUT2D eigenvalue weighted by atomic mass is 9.96. The van der Waals surface area contributed by atoms with Gasteiger partial charge in [0.15, 0.2) is 0 Å². The van der Waals surface area contributed by atoms with Crippen molar-refractivity contribution in [3.05, 3.63) is 65.5 Å². The zero-order chi connectivity index (χ0) is 21.5. The molecule has 0 radical (unpaired) electrons. The van der Waals surface area contributed by atoms with Crippen LogP contribution in [0, 0.1) is 11.7 Å². The van der Waals surface area contributed by atoms with E-state index in [1.54, 1.807) is 41.3 Å². The first-order chi connectivity index (χ1) is 14.4. The maximum Gasteiger partial charge on any atom is 0.308 e. The molecule has 2 amide bonds. The van der Waals surface area contributed by atoms with Crippen LogP contribution >= 0.6 is 0 Å². The van der Waals surface area contributed by atoms with Crippen molar-refractivity contribution in [2.24, 2.45) is 5.92 Å². The van der Waals surface area contributed by atoms with Crippen molar-refractivity contribution in [3.63, 3.8) is 0 Å². The molecular weight excluding hydrogens is 387 g/mol. The number of benzene rings is 2. The van der Waals surface area contributed by atoms with E-state index < -0.39 is 5.97 Å². The first kappa shape index (κ1) is 21.5. The average Bonchev–Trinajstić information content (AvgIpc) is 2.72. The van der Waals surface area contributed by atoms with E-state index in [9.17, 15) is 18.8 Å². The fraction of sp³-hybridized carbons (Fsp3) is 0.348. The molecule has 0 aliphatic carbocycles. The second kappa shape index (κ2) is 10.0. The number of hydrogen-bond donors (Lipinski definition) is 1. The Balaban J connectivity index is 1.45. The van der Waals surface area contributed by atoms with Crippen LogP contribution in [0.15, 0.2) is 48.5 Å². The van der Waals surface area contributed by atoms with Gasteiger partial charge in [-0.3, -0.25) is 14.4 Å². The third-order valence-corrected chi connectivity index (χ3v) is 5.09. The summed E-state index contributed by atoms with van der Waals surface area (Å²) < 4.78 is 18.3. The van der Waals surface area contributed by atoms with Gasteiger partial charge in [-0.2, -0.15) is 0 Å². The molecule has 1 N–H and O–H groups in total. The Hall–Kier alpha value is -3.22. The van der Waals surface area contributed by atoms with E-state index in [1.165, 1.54) is 19.1 Å². The molecule has 1 aliphatic rings. The standard InChI is InChI=1S/C23H25FN2O4/c1-16(27)30-21-7-3-5-19(14-21)23(29)26-10-8-17(9-11-26)15-25-22(28)13-18-4-2-6-20(24)12-18/h2-7,12,14,17H,8-11,13,15H2,1H3,(H,25,28). The van der Waals surface area contributed by atoms with Crippen LogP contribution < -0.4 is 10.1 Å². The lowest BCUT2D eigenvalue weighted by molar-refractivity contribution is -0.131. The molecule has 0 saturated carbocycles. The van der Waals surface area contributed by atoms with Crippen LogP contribution in [0.3, 0.4) is 0 Å². The highest BCUT2D eigenvalue weighted by atomic mass is 19.1. The molecule has 2 aromatic carbocycles. The molecule has 1 heterocycles. The molecule has 158 valence electrons. The molecule has 3 rings (SSSR count). The van der Waals surface area contributed by atoms with Crippen molar-refractivity contribution in [2.75, 3.05) is 19.6 Å². The number of nitrogens with zero attached hydrogens (tertiary/aromatic N) is 1. The molecule has 0 atom stereocenters. The van der Waals surface area contributed by atoms with Crippen LogP contribution in [0.1, 0.15) is 35.7 Å². The summed E-state index contributed by atoms with van der Waals surface area (Å²) in [6.45, 7) is 3.05. The van der Waals surface area contributed by atoms with Crippen LogP contribution in [-0.4, -0.2) is 42.3 Å². The van der Waals surface area contributed by atoms with Crippen LogP contribution in [0.25, 0.3) is 0 Å². The van der Waals surface area contributed by atoms with Gasteiger partial charge < -0.3 is 15.0 Å². The van der Waals surface area contributed by atoms with Crippen molar-refractivity contribution < 1.29 is 23.5 Å². The first-order valence-corrected chi connectivity index (χ1v) is 9.99. The van der Waals surface area contributed by atoms with Gasteiger partial charge in [0.05, 0.1) is 6.42 Å². The lowest BCUT2D eigenvalue weighted by Crippen LogP contribution is -2.41. The maximum atomic E-state index is 13.2. The van der Waals surface area contributed by atoms with Gasteiger partial charge in [0, 0.05) is 32.1 Å². The summed E-state index contributed by atoms with van der Waals surface area (Å²) in [6, 6.07) is 12.6. The molecule has 7 heteroatoms. The molecule has 30 heavy (non-hydrogen) atoms. The Labute approximate surface area is 175 Å². The number of nitrogens with one attached hydrogen (secondary N) is 1. The number of carbonyl (C=O) groups excluding carboxylic acids is 3. The second-order valence-corrected chi connectivity index (χ2v) is 7.47. The van der Waals surface area contributed by atoms with E-state index in [-0.39, 0.29) is 30.0 Å². The predicted octanol–water partition coefficient (Wildman–Crippen LogP) is 2.96. The molecule has 6 nitrogen and oxygen atoms in total. The SMILES string of the molecule is CC(=O)Oc1cccc(C(=O)N2CCC(CNC(=O)Cc3cccc(F)c3)CC2)c1. The van der Waals surface area contributed by atoms with E-state index >= 15 is 0 Å². The minimum atomic E-state index is -0.431. The van der Waals surface area contributed by atoms with E-state index in [1.807, 2.05) is 0 Å². The first-order valence-electron chi connectivity index (χ1n) is 9.99. The van der Waals surface area contributed by atoms with Crippen molar-refractivity contribution in [2.45, 2.75) is 26.2 Å². The van der Waals surface area contributed by atoms with Crippen molar-refractivity contribution >= 4 is 17.8 Å². The van der Waals surface area contributed by atoms with E-state index in [0.29, 0.717) is 36.5 Å². The van der Waals surface area contributed by atoms with Gasteiger partial charge in [-0.1, -0.05) is 18.2 Å². The van der Waals surface area contributed by atoms with Gasteiger partial charge >= 0.3 is 5.97 Å². The molecule has 0 aromatic heterocycles. The van der Waals surface area contributed by atoms with Crippen molar-refractivity contribution in [1.29, 1.82) is 0 Å². The minimum absolute atomic E-state index is 0.0995. The summed E-state index contributed by atoms with van der Waals surface area (Å²) >= 11 is 0. The summed E-state index contributed by atoms with van der Waals surface area (Å²) in [5.74, 6) is -0.378. The minimum Gasteiger partial charge on any atom is -0.427 e. The van der Waals surface area contributed by atoms with Crippen LogP contribution in [0.4, 0.5) is 4.39 Å². The molecule has 0 unspecified atom stereocenters. The van der Waals surface area contributed by atoms with E-state index in [4.69, 9.17) is 4.74 Å². The highest BCUT2D eigenvalue weighted by Gasteiger charge is 2.24. The monoisotopic (exact) mass is 412 g/mol. The third kappa shape index (κ3) is 6.14. The van der Waals surface area contributed by atoms with Crippen LogP contribution in [0.2, 0.25) is 0 Å². The van der Waals surface area contributed by atoms with Crippen LogP contribution in [-0.2, 0) is 16.0 Å². The van der Waals surface area contributed by atoms with Gasteiger partial charge in [-0.05, 0) is 54.7 Å². The lowest BCUT2D eigenvalue weighted by Gasteiger charge is -2.32. The number of piperidine rings is 1. The number of hydrogen-bond acceptors (Lipinski definition) is 4. The second-order valence-electron chi connectivity index (χ2n) is 7.47. The Morgan fingerprint density at radius 2 is 1.83 bits per heavy atom. The number of ether oxygens (including phenoxy) is 1. The summed E-state index contributed by atoms with van der Waals surface area (Å²) in [6.07, 6.45) is 1.72. The van der Waals surface area contributed by atoms with Gasteiger partial charge in [0.25, 0.3) is 5.91 Å². The third-order valence-electron chi connectivity index (χ3n) is 5.09. The molecule has 1 saturated heterocycles. The fourth-order valence-corrected chi connectivity index (χ4v) is 3.53. The number of likely N-dealkylation sites (tertiary alicyclic amines) is 1. The van der Waals surface area contributed by atoms with Crippen molar-refractivity contribution in [1.82, 2.24) is 10.2 Å². The normalized spacial score (nSPS) is 14.3. The quantitative estimate of drug-likeness (QED) is 0.585. The molecule has 1 fully saturated rings. The van der Waals surface area contributed by atoms with E-state index in [2.05, 4.69) is 5.32 Å². The van der Waals surface area contributed by atoms with Gasteiger partial charge in [0.1, 0.15) is 11.6 Å². The molecule has 0 spiro atoms. The number of halogens is 1. The molecule has 1 aliphatic heterocycles. The maximum absolute atomic E-state index is 13.2. The van der Waals surface area contributed by atoms with Gasteiger partial charge in [-0.15, -0.1) is 0 Å². The predicted molar refractivity (Wildman–Crippen MR) is 109 cm³/mol. The van der Waals surface area contributed by atoms with Gasteiger partial charge in [-0.25, -0.2) is 4.39 Å². The van der Waals surface area contributed by atoms with Crippen LogP contribution in [0.5, 0.6) is 5.75 Å². The zero-order valence-corrected chi connectivity index (χ0v) is 16.9. The highest BCUT2D eigenvalue weighted by molar-refractivity contribution is 5.94. The molecule has 0 bridgehead atoms. The number of amides is 2. The number of esters is 1. The van der Waals surface area contributed by atoms with Gasteiger partial charge in [0.2, 0.25) is 5.91 Å².